The number of aromatic nitrogens is 2. The van der Waals surface area contributed by atoms with E-state index >= 15 is 0 Å². The van der Waals surface area contributed by atoms with E-state index in [4.69, 9.17) is 9.84 Å². The van der Waals surface area contributed by atoms with E-state index in [1.807, 2.05) is 34.6 Å². The number of hydrogen-bond donors (Lipinski definition) is 1. The van der Waals surface area contributed by atoms with Crippen molar-refractivity contribution in [2.45, 2.75) is 32.7 Å². The van der Waals surface area contributed by atoms with Gasteiger partial charge >= 0.3 is 5.97 Å². The summed E-state index contributed by atoms with van der Waals surface area (Å²) in [5, 5.41) is 9.11. The van der Waals surface area contributed by atoms with Gasteiger partial charge in [0.05, 0.1) is 29.7 Å². The zero-order valence-electron chi connectivity index (χ0n) is 17.0. The lowest BCUT2D eigenvalue weighted by atomic mass is 10.1. The number of carboxylic acid groups (broad SMARTS) is 1. The Hall–Kier alpha value is -3.35. The summed E-state index contributed by atoms with van der Waals surface area (Å²) >= 11 is 0. The first-order valence-corrected chi connectivity index (χ1v) is 10.3. The van der Waals surface area contributed by atoms with Crippen LogP contribution in [0.15, 0.2) is 42.5 Å². The number of likely N-dealkylation sites (tertiary alicyclic amines) is 1. The van der Waals surface area contributed by atoms with Crippen LogP contribution in [0.2, 0.25) is 0 Å². The minimum atomic E-state index is -0.953. The number of fused-ring (bicyclic) bond motifs is 1. The summed E-state index contributed by atoms with van der Waals surface area (Å²) in [6.07, 6.45) is 3.27. The summed E-state index contributed by atoms with van der Waals surface area (Å²) in [5.74, 6) is -0.904. The fourth-order valence-corrected chi connectivity index (χ4v) is 3.84. The second-order valence-corrected chi connectivity index (χ2v) is 7.47. The van der Waals surface area contributed by atoms with Gasteiger partial charge in [0.1, 0.15) is 0 Å². The number of aromatic carboxylic acids is 1. The Labute approximate surface area is 174 Å². The third-order valence-corrected chi connectivity index (χ3v) is 5.42. The van der Waals surface area contributed by atoms with Gasteiger partial charge in [-0.2, -0.15) is 4.98 Å². The Morgan fingerprint density at radius 1 is 1.03 bits per heavy atom. The zero-order chi connectivity index (χ0) is 21.1. The second kappa shape index (κ2) is 8.57. The van der Waals surface area contributed by atoms with E-state index in [2.05, 4.69) is 4.98 Å². The van der Waals surface area contributed by atoms with Gasteiger partial charge in [0.2, 0.25) is 0 Å². The molecule has 2 aromatic carbocycles. The summed E-state index contributed by atoms with van der Waals surface area (Å²) in [7, 11) is 0. The topological polar surface area (TPSA) is 84.7 Å². The van der Waals surface area contributed by atoms with Crippen molar-refractivity contribution in [1.29, 1.82) is 0 Å². The Morgan fingerprint density at radius 2 is 1.73 bits per heavy atom. The molecular formula is C23H25N3O4. The quantitative estimate of drug-likeness (QED) is 0.672. The maximum absolute atomic E-state index is 13.0. The number of nitrogens with zero attached hydrogens (tertiary/aromatic N) is 3. The summed E-state index contributed by atoms with van der Waals surface area (Å²) < 4.78 is 7.67. The van der Waals surface area contributed by atoms with Crippen LogP contribution in [0, 0.1) is 0 Å². The lowest BCUT2D eigenvalue weighted by Crippen LogP contribution is -2.35. The van der Waals surface area contributed by atoms with Crippen LogP contribution in [-0.4, -0.2) is 51.1 Å². The smallest absolute Gasteiger partial charge is 0.335 e. The van der Waals surface area contributed by atoms with Gasteiger partial charge in [0.25, 0.3) is 11.9 Å². The largest absolute Gasteiger partial charge is 0.478 e. The van der Waals surface area contributed by atoms with Crippen LogP contribution in [0.25, 0.3) is 11.0 Å². The average molecular weight is 407 g/mol. The molecule has 30 heavy (non-hydrogen) atoms. The van der Waals surface area contributed by atoms with Gasteiger partial charge in [-0.05, 0) is 62.1 Å². The summed E-state index contributed by atoms with van der Waals surface area (Å²) in [6, 6.07) is 12.8. The van der Waals surface area contributed by atoms with Crippen LogP contribution in [-0.2, 0) is 6.54 Å². The number of hydrogen-bond acceptors (Lipinski definition) is 4. The summed E-state index contributed by atoms with van der Waals surface area (Å²) in [4.78, 5) is 30.6. The number of carboxylic acids is 1. The Balaban J connectivity index is 1.69. The molecule has 1 aliphatic rings. The van der Waals surface area contributed by atoms with Crippen LogP contribution in [0.5, 0.6) is 6.01 Å². The minimum absolute atomic E-state index is 0.0492. The first kappa shape index (κ1) is 19.9. The molecule has 4 rings (SSSR count). The summed E-state index contributed by atoms with van der Waals surface area (Å²) in [5.41, 5.74) is 3.40. The molecule has 3 aromatic rings. The van der Waals surface area contributed by atoms with Gasteiger partial charge in [-0.1, -0.05) is 12.1 Å². The molecule has 1 saturated heterocycles. The number of benzene rings is 2. The molecule has 0 aliphatic carbocycles. The van der Waals surface area contributed by atoms with E-state index in [-0.39, 0.29) is 11.5 Å². The number of piperidine rings is 1. The third kappa shape index (κ3) is 4.01. The van der Waals surface area contributed by atoms with Crippen molar-refractivity contribution in [3.05, 3.63) is 59.2 Å². The average Bonchev–Trinajstić information content (AvgIpc) is 3.11. The molecule has 1 amide bonds. The van der Waals surface area contributed by atoms with Crippen LogP contribution in [0.1, 0.15) is 52.5 Å². The third-order valence-electron chi connectivity index (χ3n) is 5.42. The van der Waals surface area contributed by atoms with Crippen LogP contribution < -0.4 is 4.74 Å². The van der Waals surface area contributed by atoms with Crippen molar-refractivity contribution in [2.24, 2.45) is 0 Å². The molecule has 0 bridgehead atoms. The molecule has 156 valence electrons. The first-order valence-electron chi connectivity index (χ1n) is 10.3. The Morgan fingerprint density at radius 3 is 2.40 bits per heavy atom. The fraction of sp³-hybridized carbons (Fsp3) is 0.348. The molecule has 7 heteroatoms. The van der Waals surface area contributed by atoms with Crippen LogP contribution in [0.4, 0.5) is 0 Å². The zero-order valence-corrected chi connectivity index (χ0v) is 17.0. The molecule has 1 aliphatic heterocycles. The minimum Gasteiger partial charge on any atom is -0.478 e. The van der Waals surface area contributed by atoms with Gasteiger partial charge in [-0.25, -0.2) is 4.79 Å². The molecule has 1 N–H and O–H groups in total. The standard InChI is InChI=1S/C23H25N3O4/c1-2-30-23-24-19-11-10-18(21(27)25-12-4-3-5-13-25)14-20(19)26(23)15-16-6-8-17(9-7-16)22(28)29/h6-11,14H,2-5,12-13,15H2,1H3,(H,28,29). The lowest BCUT2D eigenvalue weighted by Gasteiger charge is -2.26. The molecule has 0 radical (unpaired) electrons. The molecule has 0 atom stereocenters. The molecule has 0 saturated carbocycles. The van der Waals surface area contributed by atoms with Gasteiger partial charge in [0.15, 0.2) is 0 Å². The van der Waals surface area contributed by atoms with Crippen molar-refractivity contribution >= 4 is 22.9 Å². The molecule has 0 unspecified atom stereocenters. The van der Waals surface area contributed by atoms with E-state index in [1.54, 1.807) is 24.3 Å². The molecule has 1 fully saturated rings. The summed E-state index contributed by atoms with van der Waals surface area (Å²) in [6.45, 7) is 4.44. The van der Waals surface area contributed by atoms with Crippen LogP contribution >= 0.6 is 0 Å². The lowest BCUT2D eigenvalue weighted by molar-refractivity contribution is 0.0694. The monoisotopic (exact) mass is 407 g/mol. The maximum Gasteiger partial charge on any atom is 0.335 e. The predicted molar refractivity (Wildman–Crippen MR) is 113 cm³/mol. The fourth-order valence-electron chi connectivity index (χ4n) is 3.84. The second-order valence-electron chi connectivity index (χ2n) is 7.47. The van der Waals surface area contributed by atoms with Gasteiger partial charge < -0.3 is 14.7 Å². The van der Waals surface area contributed by atoms with Gasteiger partial charge in [-0.15, -0.1) is 0 Å². The van der Waals surface area contributed by atoms with Crippen molar-refractivity contribution in [3.8, 4) is 6.01 Å². The van der Waals surface area contributed by atoms with Gasteiger partial charge in [0, 0.05) is 18.7 Å². The van der Waals surface area contributed by atoms with Crippen molar-refractivity contribution in [3.63, 3.8) is 0 Å². The van der Waals surface area contributed by atoms with Gasteiger partial charge in [-0.3, -0.25) is 9.36 Å². The van der Waals surface area contributed by atoms with E-state index in [0.29, 0.717) is 24.7 Å². The number of carbonyl (C=O) groups is 2. The van der Waals surface area contributed by atoms with Crippen molar-refractivity contribution in [1.82, 2.24) is 14.5 Å². The molecule has 0 spiro atoms. The highest BCUT2D eigenvalue weighted by Crippen LogP contribution is 2.25. The number of rotatable bonds is 6. The van der Waals surface area contributed by atoms with Crippen molar-refractivity contribution < 1.29 is 19.4 Å². The van der Waals surface area contributed by atoms with E-state index in [1.165, 1.54) is 6.42 Å². The van der Waals surface area contributed by atoms with E-state index in [0.717, 1.165) is 42.5 Å². The number of carbonyl (C=O) groups excluding carboxylic acids is 1. The maximum atomic E-state index is 13.0. The number of amides is 1. The Kier molecular flexibility index (Phi) is 5.70. The normalized spacial score (nSPS) is 14.1. The molecular weight excluding hydrogens is 382 g/mol. The van der Waals surface area contributed by atoms with E-state index < -0.39 is 5.97 Å². The number of imidazole rings is 1. The highest BCUT2D eigenvalue weighted by molar-refractivity contribution is 5.97. The van der Waals surface area contributed by atoms with E-state index in [9.17, 15) is 9.59 Å². The molecule has 7 nitrogen and oxygen atoms in total. The highest BCUT2D eigenvalue weighted by Gasteiger charge is 2.20. The van der Waals surface area contributed by atoms with Crippen molar-refractivity contribution in [2.75, 3.05) is 19.7 Å². The predicted octanol–water partition coefficient (Wildman–Crippen LogP) is 3.81. The highest BCUT2D eigenvalue weighted by atomic mass is 16.5. The SMILES string of the molecule is CCOc1nc2ccc(C(=O)N3CCCCC3)cc2n1Cc1ccc(C(=O)O)cc1. The number of ether oxygens (including phenoxy) is 1. The molecule has 2 heterocycles. The van der Waals surface area contributed by atoms with Crippen LogP contribution in [0.3, 0.4) is 0 Å². The first-order chi connectivity index (χ1) is 14.6. The molecule has 1 aromatic heterocycles. The Bertz CT molecular complexity index is 1070.